The Balaban J connectivity index is 1.89. The summed E-state index contributed by atoms with van der Waals surface area (Å²) in [5, 5.41) is 9.42. The number of methoxy groups -OCH3 is 1. The fourth-order valence-corrected chi connectivity index (χ4v) is 2.65. The molecule has 0 spiro atoms. The Bertz CT molecular complexity index is 805. The van der Waals surface area contributed by atoms with E-state index in [4.69, 9.17) is 10.1 Å². The number of benzene rings is 2. The molecule has 0 aliphatic carbocycles. The standard InChI is InChI=1S/C18H18N4O3/c1-21-16(19)15(12-8-10-14(25-2)11-9-12)22(18(21)24)20-17(23)13-6-4-3-5-7-13/h3-11,15,19H,1-2H3,(H,20,23). The lowest BCUT2D eigenvalue weighted by atomic mass is 10.1. The molecule has 1 aliphatic heterocycles. The molecule has 0 bridgehead atoms. The molecule has 1 atom stereocenters. The van der Waals surface area contributed by atoms with Gasteiger partial charge in [0, 0.05) is 12.6 Å². The van der Waals surface area contributed by atoms with Gasteiger partial charge in [0.25, 0.3) is 5.91 Å². The monoisotopic (exact) mass is 338 g/mol. The van der Waals surface area contributed by atoms with Crippen LogP contribution < -0.4 is 10.2 Å². The maximum atomic E-state index is 12.5. The number of nitrogens with zero attached hydrogens (tertiary/aromatic N) is 2. The number of amidine groups is 1. The average molecular weight is 338 g/mol. The SMILES string of the molecule is COc1ccc(C2C(=N)N(C)C(=O)N2NC(=O)c2ccccc2)cc1. The first-order valence-corrected chi connectivity index (χ1v) is 7.68. The number of nitrogens with one attached hydrogen (secondary N) is 2. The highest BCUT2D eigenvalue weighted by molar-refractivity contribution is 6.07. The summed E-state index contributed by atoms with van der Waals surface area (Å²) in [5.74, 6) is 0.354. The van der Waals surface area contributed by atoms with Crippen molar-refractivity contribution in [2.75, 3.05) is 14.2 Å². The van der Waals surface area contributed by atoms with Crippen LogP contribution in [0.25, 0.3) is 0 Å². The van der Waals surface area contributed by atoms with Crippen molar-refractivity contribution >= 4 is 17.8 Å². The van der Waals surface area contributed by atoms with Crippen LogP contribution in [0, 0.1) is 5.41 Å². The van der Waals surface area contributed by atoms with E-state index in [2.05, 4.69) is 5.43 Å². The second kappa shape index (κ2) is 6.64. The summed E-state index contributed by atoms with van der Waals surface area (Å²) in [6.07, 6.45) is 0. The van der Waals surface area contributed by atoms with E-state index < -0.39 is 18.0 Å². The quantitative estimate of drug-likeness (QED) is 0.898. The Labute approximate surface area is 145 Å². The predicted molar refractivity (Wildman–Crippen MR) is 92.4 cm³/mol. The average Bonchev–Trinajstić information content (AvgIpc) is 2.86. The van der Waals surface area contributed by atoms with Crippen LogP contribution in [0.1, 0.15) is 22.0 Å². The molecular weight excluding hydrogens is 320 g/mol. The second-order valence-corrected chi connectivity index (χ2v) is 5.58. The number of carbonyl (C=O) groups is 2. The van der Waals surface area contributed by atoms with E-state index in [0.29, 0.717) is 16.9 Å². The maximum absolute atomic E-state index is 12.5. The molecule has 1 aliphatic rings. The van der Waals surface area contributed by atoms with Gasteiger partial charge in [-0.1, -0.05) is 30.3 Å². The predicted octanol–water partition coefficient (Wildman–Crippen LogP) is 2.43. The molecule has 128 valence electrons. The van der Waals surface area contributed by atoms with Gasteiger partial charge in [0.05, 0.1) is 7.11 Å². The van der Waals surface area contributed by atoms with Crippen LogP contribution in [0.4, 0.5) is 4.79 Å². The number of hydrazine groups is 1. The summed E-state index contributed by atoms with van der Waals surface area (Å²) in [4.78, 5) is 26.1. The molecule has 3 rings (SSSR count). The first kappa shape index (κ1) is 16.5. The molecule has 0 radical (unpaired) electrons. The number of rotatable bonds is 4. The van der Waals surface area contributed by atoms with Crippen molar-refractivity contribution < 1.29 is 14.3 Å². The zero-order valence-corrected chi connectivity index (χ0v) is 13.9. The summed E-state index contributed by atoms with van der Waals surface area (Å²) >= 11 is 0. The van der Waals surface area contributed by atoms with Gasteiger partial charge in [-0.25, -0.2) is 9.80 Å². The molecule has 7 heteroatoms. The fraction of sp³-hybridized carbons (Fsp3) is 0.167. The third kappa shape index (κ3) is 3.03. The largest absolute Gasteiger partial charge is 0.497 e. The molecule has 0 aromatic heterocycles. The van der Waals surface area contributed by atoms with Crippen LogP contribution in [-0.2, 0) is 0 Å². The highest BCUT2D eigenvalue weighted by atomic mass is 16.5. The number of ether oxygens (including phenoxy) is 1. The molecule has 1 unspecified atom stereocenters. The van der Waals surface area contributed by atoms with Crippen LogP contribution in [0.2, 0.25) is 0 Å². The summed E-state index contributed by atoms with van der Waals surface area (Å²) in [6, 6.07) is 14.5. The zero-order valence-electron chi connectivity index (χ0n) is 13.9. The number of hydrogen-bond acceptors (Lipinski definition) is 4. The van der Waals surface area contributed by atoms with E-state index in [1.807, 2.05) is 0 Å². The lowest BCUT2D eigenvalue weighted by Gasteiger charge is -2.23. The van der Waals surface area contributed by atoms with Gasteiger partial charge in [0.2, 0.25) is 0 Å². The summed E-state index contributed by atoms with van der Waals surface area (Å²) in [6.45, 7) is 0. The van der Waals surface area contributed by atoms with E-state index in [9.17, 15) is 9.59 Å². The van der Waals surface area contributed by atoms with E-state index in [0.717, 1.165) is 0 Å². The summed E-state index contributed by atoms with van der Waals surface area (Å²) in [7, 11) is 3.08. The lowest BCUT2D eigenvalue weighted by Crippen LogP contribution is -2.45. The molecule has 0 saturated carbocycles. The van der Waals surface area contributed by atoms with Gasteiger partial charge in [-0.2, -0.15) is 0 Å². The Morgan fingerprint density at radius 1 is 1.12 bits per heavy atom. The van der Waals surface area contributed by atoms with Crippen LogP contribution >= 0.6 is 0 Å². The minimum Gasteiger partial charge on any atom is -0.497 e. The number of urea groups is 1. The van der Waals surface area contributed by atoms with Gasteiger partial charge in [-0.15, -0.1) is 0 Å². The smallest absolute Gasteiger partial charge is 0.344 e. The first-order valence-electron chi connectivity index (χ1n) is 7.68. The van der Waals surface area contributed by atoms with Crippen molar-refractivity contribution in [1.29, 1.82) is 5.41 Å². The minimum atomic E-state index is -0.698. The van der Waals surface area contributed by atoms with Crippen LogP contribution in [0.5, 0.6) is 5.75 Å². The van der Waals surface area contributed by atoms with Crippen molar-refractivity contribution in [3.8, 4) is 5.75 Å². The minimum absolute atomic E-state index is 0.0866. The van der Waals surface area contributed by atoms with E-state index in [-0.39, 0.29) is 5.84 Å². The van der Waals surface area contributed by atoms with Crippen molar-refractivity contribution in [3.63, 3.8) is 0 Å². The topological polar surface area (TPSA) is 85.7 Å². The Morgan fingerprint density at radius 3 is 2.36 bits per heavy atom. The van der Waals surface area contributed by atoms with Crippen molar-refractivity contribution in [2.45, 2.75) is 6.04 Å². The number of amides is 3. The molecule has 7 nitrogen and oxygen atoms in total. The number of carbonyl (C=O) groups excluding carboxylic acids is 2. The molecule has 2 aromatic rings. The molecule has 25 heavy (non-hydrogen) atoms. The van der Waals surface area contributed by atoms with Gasteiger partial charge in [0.1, 0.15) is 17.6 Å². The van der Waals surface area contributed by atoms with Gasteiger partial charge in [-0.3, -0.25) is 20.5 Å². The molecule has 1 heterocycles. The van der Waals surface area contributed by atoms with Gasteiger partial charge < -0.3 is 4.74 Å². The molecule has 2 N–H and O–H groups in total. The van der Waals surface area contributed by atoms with E-state index >= 15 is 0 Å². The first-order chi connectivity index (χ1) is 12.0. The van der Waals surface area contributed by atoms with E-state index in [1.165, 1.54) is 17.0 Å². The Kier molecular flexibility index (Phi) is 4.38. The van der Waals surface area contributed by atoms with Crippen molar-refractivity contribution in [3.05, 3.63) is 65.7 Å². The fourth-order valence-electron chi connectivity index (χ4n) is 2.65. The molecule has 3 amide bonds. The third-order valence-corrected chi connectivity index (χ3v) is 4.06. The Morgan fingerprint density at radius 2 is 1.76 bits per heavy atom. The third-order valence-electron chi connectivity index (χ3n) is 4.06. The molecule has 1 saturated heterocycles. The Hall–Kier alpha value is -3.35. The van der Waals surface area contributed by atoms with Crippen LogP contribution in [0.3, 0.4) is 0 Å². The van der Waals surface area contributed by atoms with Crippen molar-refractivity contribution in [2.24, 2.45) is 0 Å². The van der Waals surface area contributed by atoms with Crippen LogP contribution in [0.15, 0.2) is 54.6 Å². The number of hydrogen-bond donors (Lipinski definition) is 2. The van der Waals surface area contributed by atoms with Crippen LogP contribution in [-0.4, -0.2) is 41.8 Å². The highest BCUT2D eigenvalue weighted by Gasteiger charge is 2.42. The van der Waals surface area contributed by atoms with Gasteiger partial charge in [0.15, 0.2) is 0 Å². The van der Waals surface area contributed by atoms with Gasteiger partial charge in [-0.05, 0) is 29.8 Å². The lowest BCUT2D eigenvalue weighted by molar-refractivity contribution is 0.0815. The van der Waals surface area contributed by atoms with Gasteiger partial charge >= 0.3 is 6.03 Å². The maximum Gasteiger partial charge on any atom is 0.344 e. The highest BCUT2D eigenvalue weighted by Crippen LogP contribution is 2.30. The second-order valence-electron chi connectivity index (χ2n) is 5.58. The zero-order chi connectivity index (χ0) is 18.0. The van der Waals surface area contributed by atoms with E-state index in [1.54, 1.807) is 61.7 Å². The number of likely N-dealkylation sites (N-methyl/N-ethyl adjacent to an activating group) is 1. The molecule has 2 aromatic carbocycles. The molecular formula is C18H18N4O3. The summed E-state index contributed by atoms with van der Waals surface area (Å²) in [5.41, 5.74) is 3.75. The molecule has 1 fully saturated rings. The normalized spacial score (nSPS) is 17.0. The summed E-state index contributed by atoms with van der Waals surface area (Å²) < 4.78 is 5.14. The van der Waals surface area contributed by atoms with Crippen molar-refractivity contribution in [1.82, 2.24) is 15.3 Å².